The van der Waals surface area contributed by atoms with Crippen molar-refractivity contribution in [2.75, 3.05) is 19.7 Å². The van der Waals surface area contributed by atoms with E-state index in [-0.39, 0.29) is 5.97 Å². The van der Waals surface area contributed by atoms with Crippen molar-refractivity contribution in [2.45, 2.75) is 45.6 Å². The highest BCUT2D eigenvalue weighted by molar-refractivity contribution is 5.81. The second-order valence-corrected chi connectivity index (χ2v) is 4.18. The molecule has 1 fully saturated rings. The Labute approximate surface area is 98.5 Å². The van der Waals surface area contributed by atoms with Gasteiger partial charge in [0, 0.05) is 18.7 Å². The van der Waals surface area contributed by atoms with Gasteiger partial charge in [0.15, 0.2) is 0 Å². The summed E-state index contributed by atoms with van der Waals surface area (Å²) in [5.74, 6) is -0.232. The van der Waals surface area contributed by atoms with Crippen LogP contribution in [0.15, 0.2) is 12.2 Å². The minimum atomic E-state index is -0.232. The number of hydrogen-bond donors (Lipinski definition) is 0. The fourth-order valence-corrected chi connectivity index (χ4v) is 2.28. The minimum Gasteiger partial charge on any atom is -0.463 e. The van der Waals surface area contributed by atoms with Crippen LogP contribution in [0.5, 0.6) is 0 Å². The first-order chi connectivity index (χ1) is 7.77. The SMILES string of the molecule is CCOC(=O)/C=C/CN(CC)C1CCCC1. The summed E-state index contributed by atoms with van der Waals surface area (Å²) in [6.07, 6.45) is 8.77. The standard InChI is InChI=1S/C13H23NO2/c1-3-14(12-8-5-6-9-12)11-7-10-13(15)16-4-2/h7,10,12H,3-6,8-9,11H2,1-2H3/b10-7+. The van der Waals surface area contributed by atoms with E-state index in [4.69, 9.17) is 4.74 Å². The van der Waals surface area contributed by atoms with E-state index in [2.05, 4.69) is 11.8 Å². The third kappa shape index (κ3) is 4.35. The topological polar surface area (TPSA) is 29.5 Å². The van der Waals surface area contributed by atoms with E-state index in [0.29, 0.717) is 6.61 Å². The Kier molecular flexibility index (Phi) is 6.16. The smallest absolute Gasteiger partial charge is 0.330 e. The molecule has 0 N–H and O–H groups in total. The highest BCUT2D eigenvalue weighted by atomic mass is 16.5. The molecule has 0 spiro atoms. The van der Waals surface area contributed by atoms with Crippen molar-refractivity contribution in [3.05, 3.63) is 12.2 Å². The molecule has 0 aromatic carbocycles. The van der Waals surface area contributed by atoms with Crippen LogP contribution in [0.25, 0.3) is 0 Å². The van der Waals surface area contributed by atoms with Gasteiger partial charge in [0.25, 0.3) is 0 Å². The maximum Gasteiger partial charge on any atom is 0.330 e. The van der Waals surface area contributed by atoms with E-state index in [1.54, 1.807) is 6.08 Å². The molecular weight excluding hydrogens is 202 g/mol. The van der Waals surface area contributed by atoms with Gasteiger partial charge >= 0.3 is 5.97 Å². The maximum absolute atomic E-state index is 11.1. The van der Waals surface area contributed by atoms with Crippen molar-refractivity contribution < 1.29 is 9.53 Å². The van der Waals surface area contributed by atoms with Gasteiger partial charge in [-0.1, -0.05) is 25.8 Å². The molecule has 1 aliphatic rings. The third-order valence-electron chi connectivity index (χ3n) is 3.13. The van der Waals surface area contributed by atoms with Crippen molar-refractivity contribution in [3.8, 4) is 0 Å². The van der Waals surface area contributed by atoms with E-state index >= 15 is 0 Å². The minimum absolute atomic E-state index is 0.232. The summed E-state index contributed by atoms with van der Waals surface area (Å²) in [7, 11) is 0. The van der Waals surface area contributed by atoms with Crippen molar-refractivity contribution in [1.82, 2.24) is 4.90 Å². The van der Waals surface area contributed by atoms with Gasteiger partial charge in [0.1, 0.15) is 0 Å². The molecule has 0 amide bonds. The average molecular weight is 225 g/mol. The summed E-state index contributed by atoms with van der Waals surface area (Å²) < 4.78 is 4.84. The predicted molar refractivity (Wildman–Crippen MR) is 65.3 cm³/mol. The number of likely N-dealkylation sites (N-methyl/N-ethyl adjacent to an activating group) is 1. The van der Waals surface area contributed by atoms with Crippen LogP contribution in [0.3, 0.4) is 0 Å². The molecule has 0 radical (unpaired) electrons. The van der Waals surface area contributed by atoms with Crippen LogP contribution in [0, 0.1) is 0 Å². The van der Waals surface area contributed by atoms with Gasteiger partial charge in [-0.15, -0.1) is 0 Å². The van der Waals surface area contributed by atoms with Gasteiger partial charge in [-0.2, -0.15) is 0 Å². The Morgan fingerprint density at radius 3 is 2.62 bits per heavy atom. The van der Waals surface area contributed by atoms with Gasteiger partial charge in [0.2, 0.25) is 0 Å². The van der Waals surface area contributed by atoms with Gasteiger partial charge < -0.3 is 4.74 Å². The van der Waals surface area contributed by atoms with Crippen molar-refractivity contribution in [2.24, 2.45) is 0 Å². The Morgan fingerprint density at radius 1 is 1.38 bits per heavy atom. The summed E-state index contributed by atoms with van der Waals surface area (Å²) in [6.45, 7) is 6.36. The molecule has 1 saturated carbocycles. The molecule has 16 heavy (non-hydrogen) atoms. The number of esters is 1. The summed E-state index contributed by atoms with van der Waals surface area (Å²) in [5.41, 5.74) is 0. The lowest BCUT2D eigenvalue weighted by atomic mass is 10.2. The summed E-state index contributed by atoms with van der Waals surface area (Å²) in [5, 5.41) is 0. The molecule has 0 aromatic rings. The second-order valence-electron chi connectivity index (χ2n) is 4.18. The first kappa shape index (κ1) is 13.2. The normalized spacial score (nSPS) is 17.4. The first-order valence-electron chi connectivity index (χ1n) is 6.35. The van der Waals surface area contributed by atoms with Crippen LogP contribution >= 0.6 is 0 Å². The van der Waals surface area contributed by atoms with Gasteiger partial charge in [-0.25, -0.2) is 4.79 Å². The van der Waals surface area contributed by atoms with E-state index in [1.165, 1.54) is 25.7 Å². The van der Waals surface area contributed by atoms with Crippen LogP contribution in [0.1, 0.15) is 39.5 Å². The highest BCUT2D eigenvalue weighted by Crippen LogP contribution is 2.22. The van der Waals surface area contributed by atoms with Gasteiger partial charge in [-0.05, 0) is 26.3 Å². The Balaban J connectivity index is 2.30. The van der Waals surface area contributed by atoms with E-state index < -0.39 is 0 Å². The number of carbonyl (C=O) groups is 1. The fraction of sp³-hybridized carbons (Fsp3) is 0.769. The average Bonchev–Trinajstić information content (AvgIpc) is 2.78. The van der Waals surface area contributed by atoms with Crippen LogP contribution < -0.4 is 0 Å². The predicted octanol–water partition coefficient (Wildman–Crippen LogP) is 2.37. The molecule has 92 valence electrons. The number of carbonyl (C=O) groups excluding carboxylic acids is 1. The second kappa shape index (κ2) is 7.44. The Bertz CT molecular complexity index is 232. The highest BCUT2D eigenvalue weighted by Gasteiger charge is 2.19. The number of nitrogens with zero attached hydrogens (tertiary/aromatic N) is 1. The zero-order valence-electron chi connectivity index (χ0n) is 10.4. The zero-order chi connectivity index (χ0) is 11.8. The molecule has 0 bridgehead atoms. The number of ether oxygens (including phenoxy) is 1. The molecular formula is C13H23NO2. The number of hydrogen-bond acceptors (Lipinski definition) is 3. The van der Waals surface area contributed by atoms with Gasteiger partial charge in [0.05, 0.1) is 6.61 Å². The summed E-state index contributed by atoms with van der Waals surface area (Å²) >= 11 is 0. The van der Waals surface area contributed by atoms with Crippen LogP contribution in [0.2, 0.25) is 0 Å². The van der Waals surface area contributed by atoms with Crippen LogP contribution in [-0.2, 0) is 9.53 Å². The largest absolute Gasteiger partial charge is 0.463 e. The fourth-order valence-electron chi connectivity index (χ4n) is 2.28. The van der Waals surface area contributed by atoms with E-state index in [0.717, 1.165) is 19.1 Å². The van der Waals surface area contributed by atoms with Crippen molar-refractivity contribution in [1.29, 1.82) is 0 Å². The zero-order valence-corrected chi connectivity index (χ0v) is 10.4. The number of rotatable bonds is 6. The Morgan fingerprint density at radius 2 is 2.06 bits per heavy atom. The molecule has 3 nitrogen and oxygen atoms in total. The molecule has 0 aromatic heterocycles. The van der Waals surface area contributed by atoms with E-state index in [1.807, 2.05) is 13.0 Å². The summed E-state index contributed by atoms with van der Waals surface area (Å²) in [6, 6.07) is 0.719. The molecule has 0 aliphatic heterocycles. The molecule has 1 aliphatic carbocycles. The molecule has 3 heteroatoms. The lowest BCUT2D eigenvalue weighted by Gasteiger charge is -2.25. The molecule has 1 rings (SSSR count). The molecule has 0 heterocycles. The molecule has 0 saturated heterocycles. The maximum atomic E-state index is 11.1. The first-order valence-corrected chi connectivity index (χ1v) is 6.35. The Hall–Kier alpha value is -0.830. The monoisotopic (exact) mass is 225 g/mol. The van der Waals surface area contributed by atoms with E-state index in [9.17, 15) is 4.79 Å². The van der Waals surface area contributed by atoms with Crippen LogP contribution in [0.4, 0.5) is 0 Å². The lowest BCUT2D eigenvalue weighted by molar-refractivity contribution is -0.137. The van der Waals surface area contributed by atoms with Crippen molar-refractivity contribution in [3.63, 3.8) is 0 Å². The summed E-state index contributed by atoms with van der Waals surface area (Å²) in [4.78, 5) is 13.5. The van der Waals surface area contributed by atoms with Crippen molar-refractivity contribution >= 4 is 5.97 Å². The van der Waals surface area contributed by atoms with Gasteiger partial charge in [-0.3, -0.25) is 4.90 Å². The molecule has 0 atom stereocenters. The third-order valence-corrected chi connectivity index (χ3v) is 3.13. The van der Waals surface area contributed by atoms with Crippen LogP contribution in [-0.4, -0.2) is 36.6 Å². The molecule has 0 unspecified atom stereocenters. The quantitative estimate of drug-likeness (QED) is 0.513. The lowest BCUT2D eigenvalue weighted by Crippen LogP contribution is -2.33.